The van der Waals surface area contributed by atoms with Gasteiger partial charge in [-0.25, -0.2) is 8.42 Å². The summed E-state index contributed by atoms with van der Waals surface area (Å²) < 4.78 is 28.2. The van der Waals surface area contributed by atoms with Crippen LogP contribution in [0.5, 0.6) is 0 Å². The number of aryl methyl sites for hydroxylation is 2. The topological polar surface area (TPSA) is 57.7 Å². The summed E-state index contributed by atoms with van der Waals surface area (Å²) in [6.07, 6.45) is 1.74. The molecule has 0 radical (unpaired) electrons. The molecule has 0 atom stereocenters. The van der Waals surface area contributed by atoms with Gasteiger partial charge in [-0.2, -0.15) is 0 Å². The van der Waals surface area contributed by atoms with Gasteiger partial charge in [0.1, 0.15) is 6.54 Å². The summed E-state index contributed by atoms with van der Waals surface area (Å²) in [4.78, 5) is 15.2. The first-order valence-electron chi connectivity index (χ1n) is 10.1. The quantitative estimate of drug-likeness (QED) is 0.555. The fourth-order valence-electron chi connectivity index (χ4n) is 3.77. The maximum atomic E-state index is 13.5. The summed E-state index contributed by atoms with van der Waals surface area (Å²) in [5, 5.41) is 0.446. The molecule has 1 aliphatic rings. The monoisotopic (exact) mass is 454 g/mol. The molecule has 5 nitrogen and oxygen atoms in total. The number of carbonyl (C=O) groups excluding carboxylic acids is 1. The molecule has 4 rings (SSSR count). The number of hydrogen-bond acceptors (Lipinski definition) is 3. The molecule has 0 saturated heterocycles. The summed E-state index contributed by atoms with van der Waals surface area (Å²) in [7, 11) is -3.97. The van der Waals surface area contributed by atoms with Gasteiger partial charge in [0.15, 0.2) is 0 Å². The molecular weight excluding hydrogens is 432 g/mol. The molecular formula is C24H23ClN2O3S. The van der Waals surface area contributed by atoms with Gasteiger partial charge in [-0.1, -0.05) is 54.1 Å². The molecule has 0 aromatic heterocycles. The highest BCUT2D eigenvalue weighted by Crippen LogP contribution is 2.30. The average molecular weight is 455 g/mol. The van der Waals surface area contributed by atoms with Gasteiger partial charge in [-0.15, -0.1) is 0 Å². The molecule has 1 aliphatic heterocycles. The van der Waals surface area contributed by atoms with Crippen molar-refractivity contribution in [3.63, 3.8) is 0 Å². The van der Waals surface area contributed by atoms with Crippen molar-refractivity contribution >= 4 is 38.9 Å². The Morgan fingerprint density at radius 3 is 2.48 bits per heavy atom. The number of benzene rings is 3. The summed E-state index contributed by atoms with van der Waals surface area (Å²) in [6.45, 7) is 2.09. The lowest BCUT2D eigenvalue weighted by Crippen LogP contribution is -2.45. The van der Waals surface area contributed by atoms with E-state index in [2.05, 4.69) is 0 Å². The molecule has 0 bridgehead atoms. The van der Waals surface area contributed by atoms with Gasteiger partial charge >= 0.3 is 0 Å². The number of para-hydroxylation sites is 1. The molecule has 0 fully saturated rings. The molecule has 3 aromatic carbocycles. The Balaban J connectivity index is 1.73. The molecule has 160 valence electrons. The van der Waals surface area contributed by atoms with Crippen LogP contribution in [0.3, 0.4) is 0 Å². The van der Waals surface area contributed by atoms with E-state index in [1.54, 1.807) is 41.3 Å². The maximum absolute atomic E-state index is 13.5. The zero-order valence-electron chi connectivity index (χ0n) is 17.2. The molecule has 0 spiro atoms. The Bertz CT molecular complexity index is 1210. The normalized spacial score (nSPS) is 13.5. The zero-order valence-corrected chi connectivity index (χ0v) is 18.7. The minimum absolute atomic E-state index is 0.124. The number of anilines is 2. The molecule has 1 amide bonds. The average Bonchev–Trinajstić information content (AvgIpc) is 2.79. The van der Waals surface area contributed by atoms with E-state index in [1.165, 1.54) is 12.1 Å². The summed E-state index contributed by atoms with van der Waals surface area (Å²) in [5.41, 5.74) is 3.13. The van der Waals surface area contributed by atoms with E-state index >= 15 is 0 Å². The first kappa shape index (κ1) is 21.4. The van der Waals surface area contributed by atoms with Gasteiger partial charge in [0.05, 0.1) is 10.6 Å². The number of halogens is 1. The molecule has 0 aliphatic carbocycles. The van der Waals surface area contributed by atoms with Gasteiger partial charge in [-0.05, 0) is 61.2 Å². The van der Waals surface area contributed by atoms with E-state index in [0.717, 1.165) is 34.0 Å². The number of fused-ring (bicyclic) bond motifs is 1. The SMILES string of the molecule is Cc1ccc(N(CC(=O)N2CCCc3ccccc32)S(=O)(=O)c2ccccc2)cc1Cl. The van der Waals surface area contributed by atoms with E-state index < -0.39 is 10.0 Å². The summed E-state index contributed by atoms with van der Waals surface area (Å²) in [6, 6.07) is 20.9. The van der Waals surface area contributed by atoms with Crippen LogP contribution in [0.4, 0.5) is 11.4 Å². The smallest absolute Gasteiger partial charge is 0.264 e. The number of rotatable bonds is 5. The van der Waals surface area contributed by atoms with E-state index in [1.807, 2.05) is 31.2 Å². The Morgan fingerprint density at radius 2 is 1.74 bits per heavy atom. The largest absolute Gasteiger partial charge is 0.311 e. The third-order valence-corrected chi connectivity index (χ3v) is 7.66. The second kappa shape index (κ2) is 8.73. The molecule has 31 heavy (non-hydrogen) atoms. The van der Waals surface area contributed by atoms with Crippen LogP contribution in [0, 0.1) is 6.92 Å². The lowest BCUT2D eigenvalue weighted by atomic mass is 10.0. The van der Waals surface area contributed by atoms with Crippen LogP contribution in [0.25, 0.3) is 0 Å². The van der Waals surface area contributed by atoms with Gasteiger partial charge in [0.25, 0.3) is 10.0 Å². The molecule has 0 N–H and O–H groups in total. The highest BCUT2D eigenvalue weighted by atomic mass is 35.5. The maximum Gasteiger partial charge on any atom is 0.264 e. The third kappa shape index (κ3) is 4.31. The number of carbonyl (C=O) groups is 1. The second-order valence-corrected chi connectivity index (χ2v) is 9.81. The van der Waals surface area contributed by atoms with Crippen molar-refractivity contribution in [1.29, 1.82) is 0 Å². The van der Waals surface area contributed by atoms with Crippen molar-refractivity contribution in [2.75, 3.05) is 22.3 Å². The van der Waals surface area contributed by atoms with Crippen molar-refractivity contribution in [3.8, 4) is 0 Å². The lowest BCUT2D eigenvalue weighted by molar-refractivity contribution is -0.117. The van der Waals surface area contributed by atoms with Crippen LogP contribution in [0.15, 0.2) is 77.7 Å². The number of amides is 1. The zero-order chi connectivity index (χ0) is 22.0. The minimum Gasteiger partial charge on any atom is -0.311 e. The number of hydrogen-bond donors (Lipinski definition) is 0. The fraction of sp³-hybridized carbons (Fsp3) is 0.208. The van der Waals surface area contributed by atoms with Crippen LogP contribution in [0.1, 0.15) is 17.5 Å². The number of nitrogens with zero attached hydrogens (tertiary/aromatic N) is 2. The van der Waals surface area contributed by atoms with Crippen molar-refractivity contribution in [2.24, 2.45) is 0 Å². The molecule has 7 heteroatoms. The Labute approximate surface area is 187 Å². The van der Waals surface area contributed by atoms with Crippen molar-refractivity contribution < 1.29 is 13.2 Å². The Kier molecular flexibility index (Phi) is 6.03. The molecule has 0 unspecified atom stereocenters. The van der Waals surface area contributed by atoms with Crippen LogP contribution >= 0.6 is 11.6 Å². The van der Waals surface area contributed by atoms with Crippen molar-refractivity contribution in [3.05, 3.63) is 88.9 Å². The highest BCUT2D eigenvalue weighted by Gasteiger charge is 2.31. The fourth-order valence-corrected chi connectivity index (χ4v) is 5.37. The third-order valence-electron chi connectivity index (χ3n) is 5.46. The Hall–Kier alpha value is -2.83. The summed E-state index contributed by atoms with van der Waals surface area (Å²) in [5.74, 6) is -0.275. The van der Waals surface area contributed by atoms with Crippen molar-refractivity contribution in [2.45, 2.75) is 24.7 Å². The van der Waals surface area contributed by atoms with Crippen LogP contribution in [-0.2, 0) is 21.2 Å². The van der Waals surface area contributed by atoms with Gasteiger partial charge in [0.2, 0.25) is 5.91 Å². The van der Waals surface area contributed by atoms with E-state index in [4.69, 9.17) is 11.6 Å². The predicted molar refractivity (Wildman–Crippen MR) is 124 cm³/mol. The van der Waals surface area contributed by atoms with Crippen LogP contribution < -0.4 is 9.21 Å². The van der Waals surface area contributed by atoms with E-state index in [0.29, 0.717) is 17.3 Å². The molecule has 0 saturated carbocycles. The minimum atomic E-state index is -3.97. The standard InChI is InChI=1S/C24H23ClN2O3S/c1-18-13-14-20(16-22(18)25)27(31(29,30)21-10-3-2-4-11-21)17-24(28)26-15-7-9-19-8-5-6-12-23(19)26/h2-6,8,10-14,16H,7,9,15,17H2,1H3. The first-order chi connectivity index (χ1) is 14.9. The molecule has 3 aromatic rings. The summed E-state index contributed by atoms with van der Waals surface area (Å²) >= 11 is 6.29. The Morgan fingerprint density at radius 1 is 1.03 bits per heavy atom. The van der Waals surface area contributed by atoms with Crippen LogP contribution in [0.2, 0.25) is 5.02 Å². The van der Waals surface area contributed by atoms with Gasteiger partial charge < -0.3 is 4.90 Å². The van der Waals surface area contributed by atoms with Gasteiger partial charge in [-0.3, -0.25) is 9.10 Å². The van der Waals surface area contributed by atoms with E-state index in [9.17, 15) is 13.2 Å². The highest BCUT2D eigenvalue weighted by molar-refractivity contribution is 7.92. The molecule has 1 heterocycles. The second-order valence-electron chi connectivity index (χ2n) is 7.54. The number of sulfonamides is 1. The van der Waals surface area contributed by atoms with Crippen molar-refractivity contribution in [1.82, 2.24) is 0 Å². The van der Waals surface area contributed by atoms with Crippen LogP contribution in [-0.4, -0.2) is 27.4 Å². The first-order valence-corrected chi connectivity index (χ1v) is 11.9. The predicted octanol–water partition coefficient (Wildman–Crippen LogP) is 4.82. The van der Waals surface area contributed by atoms with Gasteiger partial charge in [0, 0.05) is 17.3 Å². The van der Waals surface area contributed by atoms with E-state index in [-0.39, 0.29) is 17.3 Å². The lowest BCUT2D eigenvalue weighted by Gasteiger charge is -2.32.